The Morgan fingerprint density at radius 1 is 0.852 bits per heavy atom. The first-order valence-corrected chi connectivity index (χ1v) is 7.87. The average molecular weight is 366 g/mol. The first-order chi connectivity index (χ1) is 12.4. The molecule has 0 atom stereocenters. The fraction of sp³-hybridized carbons (Fsp3) is 0.158. The van der Waals surface area contributed by atoms with Crippen LogP contribution in [0.5, 0.6) is 0 Å². The molecule has 0 aliphatic heterocycles. The second-order valence-electron chi connectivity index (χ2n) is 5.61. The van der Waals surface area contributed by atoms with Crippen LogP contribution in [-0.2, 0) is 6.42 Å². The molecule has 8 nitrogen and oxygen atoms in total. The van der Waals surface area contributed by atoms with Gasteiger partial charge in [-0.1, -0.05) is 37.8 Å². The van der Waals surface area contributed by atoms with Crippen LogP contribution in [0.3, 0.4) is 0 Å². The Bertz CT molecular complexity index is 859. The third-order valence-electron chi connectivity index (χ3n) is 3.38. The second kappa shape index (κ2) is 10.3. The van der Waals surface area contributed by atoms with Crippen LogP contribution in [0, 0.1) is 0 Å². The molecule has 2 aromatic rings. The van der Waals surface area contributed by atoms with Gasteiger partial charge in [0.2, 0.25) is 11.9 Å². The Balaban J connectivity index is 0.00000364. The van der Waals surface area contributed by atoms with E-state index in [1.54, 1.807) is 6.21 Å². The van der Waals surface area contributed by atoms with E-state index in [0.717, 1.165) is 23.1 Å². The number of rotatable bonds is 6. The highest BCUT2D eigenvalue weighted by Gasteiger charge is 2.05. The summed E-state index contributed by atoms with van der Waals surface area (Å²) in [5, 5.41) is 15.2. The van der Waals surface area contributed by atoms with E-state index in [1.165, 1.54) is 5.56 Å². The van der Waals surface area contributed by atoms with Crippen LogP contribution in [0.1, 0.15) is 36.6 Å². The standard InChI is InChI=1S/C18H22N8.CH4/c1-12(24-26-18(21)22)16-9-14(7-13-5-3-2-4-6-13)8-15(10-16)11-23-25-17(19)20;/h2-6,8-11H,7H2,1H3,(H4,19,20,25)(H4,21,22,26);1H4/b23-11+,24-12-;. The molecule has 0 unspecified atom stereocenters. The van der Waals surface area contributed by atoms with E-state index in [4.69, 9.17) is 22.9 Å². The molecule has 0 radical (unpaired) electrons. The van der Waals surface area contributed by atoms with Crippen LogP contribution in [0.25, 0.3) is 0 Å². The molecular weight excluding hydrogens is 340 g/mol. The van der Waals surface area contributed by atoms with E-state index >= 15 is 0 Å². The summed E-state index contributed by atoms with van der Waals surface area (Å²) in [6.07, 6.45) is 2.33. The third kappa shape index (κ3) is 7.39. The summed E-state index contributed by atoms with van der Waals surface area (Å²) >= 11 is 0. The molecule has 27 heavy (non-hydrogen) atoms. The lowest BCUT2D eigenvalue weighted by molar-refractivity contribution is 1.17. The van der Waals surface area contributed by atoms with Gasteiger partial charge in [0.15, 0.2) is 0 Å². The normalized spacial score (nSPS) is 10.9. The number of hydrogen-bond acceptors (Lipinski definition) is 4. The van der Waals surface area contributed by atoms with Crippen molar-refractivity contribution >= 4 is 23.8 Å². The summed E-state index contributed by atoms with van der Waals surface area (Å²) in [6, 6.07) is 16.1. The van der Waals surface area contributed by atoms with Crippen molar-refractivity contribution in [2.75, 3.05) is 0 Å². The van der Waals surface area contributed by atoms with Crippen molar-refractivity contribution in [2.45, 2.75) is 20.8 Å². The minimum absolute atomic E-state index is 0. The van der Waals surface area contributed by atoms with Crippen LogP contribution in [0.15, 0.2) is 68.9 Å². The smallest absolute Gasteiger partial charge is 0.211 e. The number of nitrogens with two attached hydrogens (primary N) is 4. The Hall–Kier alpha value is -3.68. The highest BCUT2D eigenvalue weighted by Crippen LogP contribution is 2.15. The van der Waals surface area contributed by atoms with Gasteiger partial charge in [-0.25, -0.2) is 0 Å². The van der Waals surface area contributed by atoms with Gasteiger partial charge >= 0.3 is 0 Å². The lowest BCUT2D eigenvalue weighted by Gasteiger charge is -2.07. The average Bonchev–Trinajstić information content (AvgIpc) is 2.60. The van der Waals surface area contributed by atoms with E-state index in [-0.39, 0.29) is 19.3 Å². The van der Waals surface area contributed by atoms with Crippen molar-refractivity contribution in [3.63, 3.8) is 0 Å². The lowest BCUT2D eigenvalue weighted by Crippen LogP contribution is -2.22. The van der Waals surface area contributed by atoms with Crippen LogP contribution in [0.4, 0.5) is 0 Å². The molecular formula is C19H26N8. The van der Waals surface area contributed by atoms with Crippen LogP contribution < -0.4 is 22.9 Å². The van der Waals surface area contributed by atoms with E-state index in [2.05, 4.69) is 32.5 Å². The maximum atomic E-state index is 5.34. The van der Waals surface area contributed by atoms with Gasteiger partial charge in [-0.15, -0.1) is 10.2 Å². The Morgan fingerprint density at radius 3 is 2.15 bits per heavy atom. The maximum Gasteiger partial charge on any atom is 0.211 e. The van der Waals surface area contributed by atoms with Crippen molar-refractivity contribution in [1.82, 2.24) is 0 Å². The quantitative estimate of drug-likeness (QED) is 0.347. The maximum absolute atomic E-state index is 5.34. The molecule has 0 aromatic heterocycles. The SMILES string of the molecule is C.C/C(=N/N=C(N)N)c1cc(/C=N/N=C(N)N)cc(Cc2ccccc2)c1. The largest absolute Gasteiger partial charge is 0.369 e. The molecule has 0 bridgehead atoms. The predicted octanol–water partition coefficient (Wildman–Crippen LogP) is 1.52. The number of hydrogen-bond donors (Lipinski definition) is 4. The molecule has 0 heterocycles. The van der Waals surface area contributed by atoms with E-state index in [9.17, 15) is 0 Å². The Labute approximate surface area is 159 Å². The number of nitrogens with zero attached hydrogens (tertiary/aromatic N) is 4. The summed E-state index contributed by atoms with van der Waals surface area (Å²) in [7, 11) is 0. The zero-order valence-electron chi connectivity index (χ0n) is 14.5. The van der Waals surface area contributed by atoms with Gasteiger partial charge in [0.05, 0.1) is 11.9 Å². The summed E-state index contributed by atoms with van der Waals surface area (Å²) in [5.74, 6) is -0.202. The first-order valence-electron chi connectivity index (χ1n) is 7.87. The molecule has 0 aliphatic carbocycles. The van der Waals surface area contributed by atoms with Crippen LogP contribution in [-0.4, -0.2) is 23.8 Å². The topological polar surface area (TPSA) is 154 Å². The molecule has 0 fully saturated rings. The van der Waals surface area contributed by atoms with Gasteiger partial charge in [-0.3, -0.25) is 0 Å². The van der Waals surface area contributed by atoms with Crippen LogP contribution in [0.2, 0.25) is 0 Å². The molecule has 8 N–H and O–H groups in total. The molecule has 0 saturated heterocycles. The zero-order valence-corrected chi connectivity index (χ0v) is 14.5. The number of benzene rings is 2. The second-order valence-corrected chi connectivity index (χ2v) is 5.61. The van der Waals surface area contributed by atoms with Gasteiger partial charge in [-0.05, 0) is 53.8 Å². The van der Waals surface area contributed by atoms with Crippen molar-refractivity contribution in [2.24, 2.45) is 43.3 Å². The predicted molar refractivity (Wildman–Crippen MR) is 114 cm³/mol. The molecule has 2 rings (SSSR count). The summed E-state index contributed by atoms with van der Waals surface area (Å²) in [5.41, 5.74) is 25.9. The summed E-state index contributed by atoms with van der Waals surface area (Å²) in [6.45, 7) is 1.82. The van der Waals surface area contributed by atoms with Gasteiger partial charge in [0, 0.05) is 0 Å². The molecule has 0 aliphatic rings. The molecule has 142 valence electrons. The molecule has 2 aromatic carbocycles. The molecule has 0 amide bonds. The van der Waals surface area contributed by atoms with Crippen molar-refractivity contribution in [3.8, 4) is 0 Å². The van der Waals surface area contributed by atoms with Crippen molar-refractivity contribution in [3.05, 3.63) is 70.8 Å². The molecule has 0 saturated carbocycles. The fourth-order valence-electron chi connectivity index (χ4n) is 2.29. The van der Waals surface area contributed by atoms with E-state index < -0.39 is 0 Å². The van der Waals surface area contributed by atoms with Crippen LogP contribution >= 0.6 is 0 Å². The third-order valence-corrected chi connectivity index (χ3v) is 3.38. The van der Waals surface area contributed by atoms with Crippen molar-refractivity contribution < 1.29 is 0 Å². The summed E-state index contributed by atoms with van der Waals surface area (Å²) in [4.78, 5) is 0. The zero-order chi connectivity index (χ0) is 18.9. The summed E-state index contributed by atoms with van der Waals surface area (Å²) < 4.78 is 0. The van der Waals surface area contributed by atoms with Gasteiger partial charge < -0.3 is 22.9 Å². The molecule has 8 heteroatoms. The van der Waals surface area contributed by atoms with Gasteiger partial charge in [-0.2, -0.15) is 10.2 Å². The van der Waals surface area contributed by atoms with Gasteiger partial charge in [0.25, 0.3) is 0 Å². The minimum atomic E-state index is -0.104. The van der Waals surface area contributed by atoms with E-state index in [0.29, 0.717) is 5.71 Å². The Morgan fingerprint density at radius 2 is 1.52 bits per heavy atom. The fourth-order valence-corrected chi connectivity index (χ4v) is 2.29. The number of guanidine groups is 2. The van der Waals surface area contributed by atoms with E-state index in [1.807, 2.05) is 43.3 Å². The highest BCUT2D eigenvalue weighted by molar-refractivity contribution is 6.00. The lowest BCUT2D eigenvalue weighted by atomic mass is 9.98. The monoisotopic (exact) mass is 366 g/mol. The highest BCUT2D eigenvalue weighted by atomic mass is 15.3. The van der Waals surface area contributed by atoms with Gasteiger partial charge in [0.1, 0.15) is 0 Å². The van der Waals surface area contributed by atoms with Crippen molar-refractivity contribution in [1.29, 1.82) is 0 Å². The first kappa shape index (κ1) is 21.4. The Kier molecular flexibility index (Phi) is 8.18. The molecule has 0 spiro atoms. The minimum Gasteiger partial charge on any atom is -0.369 e.